The number of nitrogens with zero attached hydrogens (tertiary/aromatic N) is 1. The van der Waals surface area contributed by atoms with Gasteiger partial charge in [0.25, 0.3) is 0 Å². The van der Waals surface area contributed by atoms with Crippen LogP contribution in [-0.2, 0) is 0 Å². The van der Waals surface area contributed by atoms with E-state index in [0.717, 1.165) is 17.8 Å². The van der Waals surface area contributed by atoms with Crippen LogP contribution in [0.15, 0.2) is 0 Å². The zero-order valence-electron chi connectivity index (χ0n) is 13.3. The molecule has 1 aliphatic carbocycles. The van der Waals surface area contributed by atoms with Gasteiger partial charge in [0.15, 0.2) is 0 Å². The second-order valence-corrected chi connectivity index (χ2v) is 7.26. The van der Waals surface area contributed by atoms with Crippen molar-refractivity contribution < 1.29 is 0 Å². The summed E-state index contributed by atoms with van der Waals surface area (Å²) in [6, 6.07) is 0.695. The van der Waals surface area contributed by atoms with Crippen LogP contribution in [0.5, 0.6) is 0 Å². The van der Waals surface area contributed by atoms with Crippen LogP contribution < -0.4 is 5.32 Å². The van der Waals surface area contributed by atoms with Crippen LogP contribution in [0.1, 0.15) is 59.3 Å². The maximum Gasteiger partial charge on any atom is 0.00510 e. The third kappa shape index (κ3) is 5.07. The van der Waals surface area contributed by atoms with Gasteiger partial charge in [-0.25, -0.2) is 0 Å². The van der Waals surface area contributed by atoms with E-state index in [0.29, 0.717) is 6.04 Å². The molecule has 1 aliphatic heterocycles. The van der Waals surface area contributed by atoms with Crippen LogP contribution in [-0.4, -0.2) is 37.1 Å². The molecule has 0 bridgehead atoms. The van der Waals surface area contributed by atoms with E-state index in [-0.39, 0.29) is 0 Å². The van der Waals surface area contributed by atoms with E-state index in [1.54, 1.807) is 0 Å². The van der Waals surface area contributed by atoms with Crippen LogP contribution in [0.25, 0.3) is 0 Å². The first kappa shape index (κ1) is 15.3. The third-order valence-corrected chi connectivity index (χ3v) is 5.32. The predicted octanol–water partition coefficient (Wildman–Crippen LogP) is 3.52. The summed E-state index contributed by atoms with van der Waals surface area (Å²) in [6.07, 6.45) is 8.66. The lowest BCUT2D eigenvalue weighted by atomic mass is 9.80. The van der Waals surface area contributed by atoms with Crippen LogP contribution in [0.4, 0.5) is 0 Å². The van der Waals surface area contributed by atoms with E-state index in [1.807, 2.05) is 0 Å². The second-order valence-electron chi connectivity index (χ2n) is 7.26. The van der Waals surface area contributed by atoms with Gasteiger partial charge in [-0.15, -0.1) is 0 Å². The first-order valence-corrected chi connectivity index (χ1v) is 8.63. The molecule has 2 aliphatic rings. The fourth-order valence-electron chi connectivity index (χ4n) is 3.83. The lowest BCUT2D eigenvalue weighted by molar-refractivity contribution is 0.147. The molecule has 0 amide bonds. The van der Waals surface area contributed by atoms with Crippen LogP contribution in [0, 0.1) is 17.8 Å². The summed E-state index contributed by atoms with van der Waals surface area (Å²) < 4.78 is 0. The van der Waals surface area contributed by atoms with Crippen molar-refractivity contribution in [1.29, 1.82) is 0 Å². The highest BCUT2D eigenvalue weighted by Crippen LogP contribution is 2.31. The second kappa shape index (κ2) is 7.64. The van der Waals surface area contributed by atoms with E-state index in [2.05, 4.69) is 31.0 Å². The number of nitrogens with one attached hydrogen (secondary N) is 1. The molecular weight excluding hydrogens is 232 g/mol. The molecule has 19 heavy (non-hydrogen) atoms. The average Bonchev–Trinajstić information content (AvgIpc) is 2.42. The summed E-state index contributed by atoms with van der Waals surface area (Å²) >= 11 is 0. The van der Waals surface area contributed by atoms with E-state index >= 15 is 0 Å². The minimum Gasteiger partial charge on any atom is -0.314 e. The van der Waals surface area contributed by atoms with E-state index < -0.39 is 0 Å². The first-order valence-electron chi connectivity index (χ1n) is 8.63. The normalized spacial score (nSPS) is 38.7. The van der Waals surface area contributed by atoms with Crippen molar-refractivity contribution in [2.24, 2.45) is 17.8 Å². The Morgan fingerprint density at radius 1 is 1.00 bits per heavy atom. The van der Waals surface area contributed by atoms with Gasteiger partial charge >= 0.3 is 0 Å². The molecule has 2 atom stereocenters. The highest BCUT2D eigenvalue weighted by molar-refractivity contribution is 4.78. The SMILES string of the molecule is CCC1CCC(CN2CCC(C)NCC(C)C2)CC1. The smallest absolute Gasteiger partial charge is 0.00510 e. The van der Waals surface area contributed by atoms with Gasteiger partial charge in [0.05, 0.1) is 0 Å². The van der Waals surface area contributed by atoms with E-state index in [1.165, 1.54) is 64.7 Å². The lowest BCUT2D eigenvalue weighted by Crippen LogP contribution is -2.44. The van der Waals surface area contributed by atoms with Crippen LogP contribution >= 0.6 is 0 Å². The Kier molecular flexibility index (Phi) is 6.15. The molecule has 1 heterocycles. The molecule has 1 saturated carbocycles. The summed E-state index contributed by atoms with van der Waals surface area (Å²) in [5.41, 5.74) is 0. The van der Waals surface area contributed by atoms with Crippen LogP contribution in [0.3, 0.4) is 0 Å². The molecule has 112 valence electrons. The molecular formula is C17H34N2. The molecule has 2 fully saturated rings. The van der Waals surface area contributed by atoms with Crippen molar-refractivity contribution in [2.75, 3.05) is 26.2 Å². The highest BCUT2D eigenvalue weighted by Gasteiger charge is 2.23. The molecule has 2 unspecified atom stereocenters. The Morgan fingerprint density at radius 3 is 2.37 bits per heavy atom. The molecule has 0 radical (unpaired) electrons. The molecule has 2 heteroatoms. The van der Waals surface area contributed by atoms with Crippen molar-refractivity contribution in [3.63, 3.8) is 0 Å². The Balaban J connectivity index is 1.77. The first-order chi connectivity index (χ1) is 9.17. The summed E-state index contributed by atoms with van der Waals surface area (Å²) in [5, 5.41) is 3.65. The summed E-state index contributed by atoms with van der Waals surface area (Å²) in [4.78, 5) is 2.76. The van der Waals surface area contributed by atoms with Crippen LogP contribution in [0.2, 0.25) is 0 Å². The molecule has 2 nitrogen and oxygen atoms in total. The minimum atomic E-state index is 0.695. The number of hydrogen-bond acceptors (Lipinski definition) is 2. The summed E-state index contributed by atoms with van der Waals surface area (Å²) in [5.74, 6) is 2.82. The standard InChI is InChI=1S/C17H34N2/c1-4-16-5-7-17(8-6-16)13-19-10-9-15(3)18-11-14(2)12-19/h14-18H,4-13H2,1-3H3. The predicted molar refractivity (Wildman–Crippen MR) is 83.4 cm³/mol. The van der Waals surface area contributed by atoms with Crippen molar-refractivity contribution >= 4 is 0 Å². The van der Waals surface area contributed by atoms with E-state index in [4.69, 9.17) is 0 Å². The zero-order chi connectivity index (χ0) is 13.7. The molecule has 0 aromatic carbocycles. The fourth-order valence-corrected chi connectivity index (χ4v) is 3.83. The summed E-state index contributed by atoms with van der Waals surface area (Å²) in [7, 11) is 0. The molecule has 1 saturated heterocycles. The van der Waals surface area contributed by atoms with Gasteiger partial charge in [0, 0.05) is 19.1 Å². The molecule has 0 aromatic rings. The minimum absolute atomic E-state index is 0.695. The maximum atomic E-state index is 3.65. The van der Waals surface area contributed by atoms with Gasteiger partial charge in [-0.2, -0.15) is 0 Å². The van der Waals surface area contributed by atoms with Crippen molar-refractivity contribution in [1.82, 2.24) is 10.2 Å². The molecule has 0 aromatic heterocycles. The Labute approximate surface area is 120 Å². The van der Waals surface area contributed by atoms with Gasteiger partial charge in [-0.1, -0.05) is 33.1 Å². The van der Waals surface area contributed by atoms with Crippen molar-refractivity contribution in [3.05, 3.63) is 0 Å². The van der Waals surface area contributed by atoms with E-state index in [9.17, 15) is 0 Å². The van der Waals surface area contributed by atoms with Crippen molar-refractivity contribution in [3.8, 4) is 0 Å². The largest absolute Gasteiger partial charge is 0.314 e. The van der Waals surface area contributed by atoms with Gasteiger partial charge in [-0.05, 0) is 57.0 Å². The van der Waals surface area contributed by atoms with Gasteiger partial charge in [0.2, 0.25) is 0 Å². The number of rotatable bonds is 3. The Bertz CT molecular complexity index is 246. The summed E-state index contributed by atoms with van der Waals surface area (Å²) in [6.45, 7) is 12.3. The topological polar surface area (TPSA) is 15.3 Å². The fraction of sp³-hybridized carbons (Fsp3) is 1.00. The molecule has 1 N–H and O–H groups in total. The Hall–Kier alpha value is -0.0800. The maximum absolute atomic E-state index is 3.65. The third-order valence-electron chi connectivity index (χ3n) is 5.32. The quantitative estimate of drug-likeness (QED) is 0.841. The highest BCUT2D eigenvalue weighted by atomic mass is 15.1. The lowest BCUT2D eigenvalue weighted by Gasteiger charge is -2.36. The monoisotopic (exact) mass is 266 g/mol. The zero-order valence-corrected chi connectivity index (χ0v) is 13.3. The molecule has 2 rings (SSSR count). The average molecular weight is 266 g/mol. The van der Waals surface area contributed by atoms with Gasteiger partial charge < -0.3 is 10.2 Å². The van der Waals surface area contributed by atoms with Crippen molar-refractivity contribution in [2.45, 2.75) is 65.3 Å². The van der Waals surface area contributed by atoms with Gasteiger partial charge in [-0.3, -0.25) is 0 Å². The number of hydrogen-bond donors (Lipinski definition) is 1. The Morgan fingerprint density at radius 2 is 1.68 bits per heavy atom. The molecule has 0 spiro atoms. The van der Waals surface area contributed by atoms with Gasteiger partial charge in [0.1, 0.15) is 0 Å².